The Morgan fingerprint density at radius 3 is 2.28 bits per heavy atom. The van der Waals surface area contributed by atoms with E-state index in [1.54, 1.807) is 25.2 Å². The zero-order valence-corrected chi connectivity index (χ0v) is 10.4. The van der Waals surface area contributed by atoms with Gasteiger partial charge >= 0.3 is 0 Å². The summed E-state index contributed by atoms with van der Waals surface area (Å²) in [5, 5.41) is 0. The van der Waals surface area contributed by atoms with Crippen molar-refractivity contribution < 1.29 is 13.6 Å². The maximum Gasteiger partial charge on any atom is 0.196 e. The van der Waals surface area contributed by atoms with Crippen LogP contribution >= 0.6 is 0 Å². The summed E-state index contributed by atoms with van der Waals surface area (Å²) < 4.78 is 27.2. The van der Waals surface area contributed by atoms with Crippen molar-refractivity contribution >= 4 is 5.78 Å². The van der Waals surface area contributed by atoms with E-state index in [9.17, 15) is 13.6 Å². The third-order valence-electron chi connectivity index (χ3n) is 2.87. The Morgan fingerprint density at radius 1 is 1.28 bits per heavy atom. The summed E-state index contributed by atoms with van der Waals surface area (Å²) in [6.07, 6.45) is 3.47. The second kappa shape index (κ2) is 4.88. The normalized spacial score (nSPS) is 15.7. The van der Waals surface area contributed by atoms with Crippen molar-refractivity contribution in [3.05, 3.63) is 47.2 Å². The first kappa shape index (κ1) is 12.7. The topological polar surface area (TPSA) is 20.3 Å². The molecule has 0 spiro atoms. The molecule has 0 saturated heterocycles. The Hall–Kier alpha value is -1.71. The van der Waals surface area contributed by atoms with E-state index in [0.717, 1.165) is 25.0 Å². The number of hydrogen-bond acceptors (Lipinski definition) is 2. The molecule has 1 saturated carbocycles. The lowest BCUT2D eigenvalue weighted by atomic mass is 9.99. The van der Waals surface area contributed by atoms with Gasteiger partial charge in [0.15, 0.2) is 5.78 Å². The minimum Gasteiger partial charge on any atom is -0.383 e. The Kier molecular flexibility index (Phi) is 3.45. The first-order chi connectivity index (χ1) is 8.50. The van der Waals surface area contributed by atoms with Crippen LogP contribution in [-0.4, -0.2) is 24.8 Å². The van der Waals surface area contributed by atoms with E-state index < -0.39 is 23.0 Å². The van der Waals surface area contributed by atoms with E-state index in [0.29, 0.717) is 5.57 Å². The fourth-order valence-electron chi connectivity index (χ4n) is 1.88. The molecule has 2 rings (SSSR count). The summed E-state index contributed by atoms with van der Waals surface area (Å²) in [5.41, 5.74) is 0.0431. The van der Waals surface area contributed by atoms with Crippen LogP contribution in [0.4, 0.5) is 8.78 Å². The zero-order chi connectivity index (χ0) is 13.3. The van der Waals surface area contributed by atoms with Crippen LogP contribution in [0.15, 0.2) is 30.0 Å². The van der Waals surface area contributed by atoms with Gasteiger partial charge in [0.1, 0.15) is 11.6 Å². The molecule has 0 atom stereocenters. The van der Waals surface area contributed by atoms with Crippen molar-refractivity contribution in [1.82, 2.24) is 4.90 Å². The van der Waals surface area contributed by atoms with Crippen molar-refractivity contribution in [1.29, 1.82) is 0 Å². The molecule has 4 heteroatoms. The van der Waals surface area contributed by atoms with Gasteiger partial charge in [0, 0.05) is 25.9 Å². The molecule has 0 aliphatic heterocycles. The second-order valence-electron chi connectivity index (χ2n) is 4.75. The van der Waals surface area contributed by atoms with Crippen LogP contribution in [0.1, 0.15) is 23.2 Å². The van der Waals surface area contributed by atoms with Crippen molar-refractivity contribution in [3.63, 3.8) is 0 Å². The Labute approximate surface area is 105 Å². The van der Waals surface area contributed by atoms with E-state index in [1.807, 2.05) is 0 Å². The molecule has 0 bridgehead atoms. The molecule has 1 aliphatic carbocycles. The van der Waals surface area contributed by atoms with E-state index >= 15 is 0 Å². The first-order valence-corrected chi connectivity index (χ1v) is 5.87. The van der Waals surface area contributed by atoms with Crippen LogP contribution in [0, 0.1) is 17.6 Å². The van der Waals surface area contributed by atoms with Crippen LogP contribution in [0.25, 0.3) is 0 Å². The standard InChI is InChI=1S/C14H15F2NO/c1-17(2)8-10(9-6-7-9)14(18)13-11(15)4-3-5-12(13)16/h3-5,8-9H,6-7H2,1-2H3/b10-8+. The molecule has 0 aromatic heterocycles. The fourth-order valence-corrected chi connectivity index (χ4v) is 1.88. The summed E-state index contributed by atoms with van der Waals surface area (Å²) in [5.74, 6) is -2.00. The number of carbonyl (C=O) groups excluding carboxylic acids is 1. The first-order valence-electron chi connectivity index (χ1n) is 5.87. The van der Waals surface area contributed by atoms with Gasteiger partial charge in [-0.2, -0.15) is 0 Å². The summed E-state index contributed by atoms with van der Waals surface area (Å²) in [7, 11) is 3.57. The van der Waals surface area contributed by atoms with Crippen LogP contribution in [0.3, 0.4) is 0 Å². The lowest BCUT2D eigenvalue weighted by molar-refractivity contribution is 0.101. The molecule has 0 unspecified atom stereocenters. The summed E-state index contributed by atoms with van der Waals surface area (Å²) >= 11 is 0. The number of nitrogens with zero attached hydrogens (tertiary/aromatic N) is 1. The maximum absolute atomic E-state index is 13.6. The summed E-state index contributed by atoms with van der Waals surface area (Å²) in [6, 6.07) is 3.47. The van der Waals surface area contributed by atoms with Crippen molar-refractivity contribution in [3.8, 4) is 0 Å². The second-order valence-corrected chi connectivity index (χ2v) is 4.75. The molecule has 1 fully saturated rings. The molecular weight excluding hydrogens is 236 g/mol. The SMILES string of the molecule is CN(C)/C=C(/C(=O)c1c(F)cccc1F)C1CC1. The third kappa shape index (κ3) is 2.58. The van der Waals surface area contributed by atoms with Crippen LogP contribution < -0.4 is 0 Å². The van der Waals surface area contributed by atoms with Gasteiger partial charge < -0.3 is 4.90 Å². The molecule has 0 amide bonds. The zero-order valence-electron chi connectivity index (χ0n) is 10.4. The monoisotopic (exact) mass is 251 g/mol. The average Bonchev–Trinajstić information content (AvgIpc) is 3.09. The van der Waals surface area contributed by atoms with Crippen molar-refractivity contribution in [2.75, 3.05) is 14.1 Å². The van der Waals surface area contributed by atoms with E-state index in [2.05, 4.69) is 0 Å². The van der Waals surface area contributed by atoms with Crippen LogP contribution in [0.5, 0.6) is 0 Å². The number of hydrogen-bond donors (Lipinski definition) is 0. The van der Waals surface area contributed by atoms with Gasteiger partial charge in [0.05, 0.1) is 5.56 Å². The molecule has 18 heavy (non-hydrogen) atoms. The lowest BCUT2D eigenvalue weighted by Gasteiger charge is -2.11. The molecule has 0 heterocycles. The summed E-state index contributed by atoms with van der Waals surface area (Å²) in [6.45, 7) is 0. The predicted molar refractivity (Wildman–Crippen MR) is 65.2 cm³/mol. The number of rotatable bonds is 4. The lowest BCUT2D eigenvalue weighted by Crippen LogP contribution is -2.14. The Bertz CT molecular complexity index is 484. The van der Waals surface area contributed by atoms with Crippen LogP contribution in [-0.2, 0) is 0 Å². The molecule has 1 aliphatic rings. The van der Waals surface area contributed by atoms with Gasteiger partial charge in [-0.1, -0.05) is 6.07 Å². The number of carbonyl (C=O) groups is 1. The number of ketones is 1. The number of halogens is 2. The van der Waals surface area contributed by atoms with E-state index in [4.69, 9.17) is 0 Å². The van der Waals surface area contributed by atoms with Gasteiger partial charge in [0.2, 0.25) is 0 Å². The molecule has 1 aromatic rings. The molecule has 1 aromatic carbocycles. The number of Topliss-reactive ketones (excluding diaryl/α,β-unsaturated/α-hetero) is 1. The smallest absolute Gasteiger partial charge is 0.196 e. The summed E-state index contributed by atoms with van der Waals surface area (Å²) in [4.78, 5) is 14.0. The highest BCUT2D eigenvalue weighted by molar-refractivity contribution is 6.09. The minimum atomic E-state index is -0.801. The average molecular weight is 251 g/mol. The van der Waals surface area contributed by atoms with Gasteiger partial charge in [-0.05, 0) is 30.9 Å². The van der Waals surface area contributed by atoms with Gasteiger partial charge in [0.25, 0.3) is 0 Å². The van der Waals surface area contributed by atoms with Gasteiger partial charge in [-0.3, -0.25) is 4.79 Å². The van der Waals surface area contributed by atoms with Crippen molar-refractivity contribution in [2.45, 2.75) is 12.8 Å². The largest absolute Gasteiger partial charge is 0.383 e. The molecular formula is C14H15F2NO. The van der Waals surface area contributed by atoms with Crippen molar-refractivity contribution in [2.24, 2.45) is 5.92 Å². The minimum absolute atomic E-state index is 0.138. The van der Waals surface area contributed by atoms with E-state index in [1.165, 1.54) is 6.07 Å². The van der Waals surface area contributed by atoms with E-state index in [-0.39, 0.29) is 5.92 Å². The molecule has 96 valence electrons. The predicted octanol–water partition coefficient (Wildman–Crippen LogP) is 3.00. The Morgan fingerprint density at radius 2 is 1.83 bits per heavy atom. The third-order valence-corrected chi connectivity index (χ3v) is 2.87. The highest BCUT2D eigenvalue weighted by Crippen LogP contribution is 2.38. The van der Waals surface area contributed by atoms with Gasteiger partial charge in [-0.15, -0.1) is 0 Å². The highest BCUT2D eigenvalue weighted by atomic mass is 19.1. The Balaban J connectivity index is 2.40. The van der Waals surface area contributed by atoms with Crippen LogP contribution in [0.2, 0.25) is 0 Å². The molecule has 0 radical (unpaired) electrons. The number of benzene rings is 1. The highest BCUT2D eigenvalue weighted by Gasteiger charge is 2.33. The maximum atomic E-state index is 13.6. The molecule has 0 N–H and O–H groups in total. The van der Waals surface area contributed by atoms with Gasteiger partial charge in [-0.25, -0.2) is 8.78 Å². The fraction of sp³-hybridized carbons (Fsp3) is 0.357. The number of allylic oxidation sites excluding steroid dienone is 1. The molecule has 2 nitrogen and oxygen atoms in total. The quantitative estimate of drug-likeness (QED) is 0.605.